The molecule has 0 aromatic carbocycles. The molecule has 0 N–H and O–H groups in total. The molecule has 5 rings (SSSR count). The number of allylic oxidation sites excluding steroid dienone is 2. The summed E-state index contributed by atoms with van der Waals surface area (Å²) in [4.78, 5) is 0. The quantitative estimate of drug-likeness (QED) is 0.555. The van der Waals surface area contributed by atoms with E-state index in [0.717, 1.165) is 0 Å². The third-order valence-corrected chi connectivity index (χ3v) is 4.12. The van der Waals surface area contributed by atoms with Crippen LogP contribution >= 0.6 is 0 Å². The Balaban J connectivity index is 0.000000235. The zero-order valence-corrected chi connectivity index (χ0v) is 16.7. The van der Waals surface area contributed by atoms with E-state index in [0.29, 0.717) is 0 Å². The molecule has 0 aromatic heterocycles. The van der Waals surface area contributed by atoms with E-state index >= 15 is 0 Å². The van der Waals surface area contributed by atoms with E-state index in [2.05, 4.69) is 51.4 Å². The summed E-state index contributed by atoms with van der Waals surface area (Å²) >= 11 is 0. The molecular formula is C24H22Fe2+4. The van der Waals surface area contributed by atoms with Gasteiger partial charge in [0.05, 0.1) is 0 Å². The standard InChI is InChI=1S/C14H12.2C5H5.2Fe/c1-2-6-11(5-1)13-9-10-14(13)12-7-3-4-8-12;2*1-2-4-5-3-1;;/h1-8H,9-10H2;2*1-5H;;/q;;;2*+2. The molecular weight excluding hydrogens is 400 g/mol. The second kappa shape index (κ2) is 14.7. The van der Waals surface area contributed by atoms with Crippen molar-refractivity contribution < 1.29 is 34.1 Å². The molecule has 2 heteroatoms. The summed E-state index contributed by atoms with van der Waals surface area (Å²) in [5, 5.41) is 0. The minimum absolute atomic E-state index is 0. The van der Waals surface area contributed by atoms with Crippen molar-refractivity contribution in [3.8, 4) is 0 Å². The smallest absolute Gasteiger partial charge is 0.0624 e. The average Bonchev–Trinajstić information content (AvgIpc) is 3.34. The van der Waals surface area contributed by atoms with Crippen LogP contribution in [0.2, 0.25) is 0 Å². The van der Waals surface area contributed by atoms with Crippen LogP contribution in [-0.2, 0) is 34.1 Å². The summed E-state index contributed by atoms with van der Waals surface area (Å²) < 4.78 is 0. The van der Waals surface area contributed by atoms with Crippen molar-refractivity contribution in [1.82, 2.24) is 0 Å². The normalized spacial score (nSPS) is 25.4. The Hall–Kier alpha value is 0.779. The van der Waals surface area contributed by atoms with Crippen LogP contribution in [0.15, 0.2) is 11.1 Å². The van der Waals surface area contributed by atoms with Crippen molar-refractivity contribution in [1.29, 1.82) is 0 Å². The Bertz CT molecular complexity index is 316. The SMILES string of the molecule is [CH]1[CH][CH][CH][CH]1.[CH]1[CH][CH][CH][CH]1.[CH]1[CH][CH][C](C2=C([C]3[CH][CH][CH][CH]3)CC2)[CH]1.[Fe+2].[Fe+2]. The molecule has 0 heterocycles. The van der Waals surface area contributed by atoms with Crippen LogP contribution in [0, 0.1) is 127 Å². The molecule has 0 saturated heterocycles. The molecule has 4 saturated carbocycles. The van der Waals surface area contributed by atoms with E-state index in [1.807, 2.05) is 64.2 Å². The minimum atomic E-state index is 0. The second-order valence-corrected chi connectivity index (χ2v) is 5.73. The summed E-state index contributed by atoms with van der Waals surface area (Å²) in [7, 11) is 0. The van der Waals surface area contributed by atoms with E-state index in [1.54, 1.807) is 11.1 Å². The molecule has 20 radical (unpaired) electrons. The number of hydrogen-bond donors (Lipinski definition) is 0. The molecule has 5 aliphatic rings. The second-order valence-electron chi connectivity index (χ2n) is 5.73. The maximum absolute atomic E-state index is 2.21. The first kappa shape index (κ1) is 24.8. The van der Waals surface area contributed by atoms with Gasteiger partial charge < -0.3 is 0 Å². The fraction of sp³-hybridized carbons (Fsp3) is 0.0833. The molecule has 0 nitrogen and oxygen atoms in total. The van der Waals surface area contributed by atoms with Crippen molar-refractivity contribution in [2.75, 3.05) is 0 Å². The third kappa shape index (κ3) is 8.03. The summed E-state index contributed by atoms with van der Waals surface area (Å²) in [5.41, 5.74) is 3.09. The molecule has 0 aromatic rings. The van der Waals surface area contributed by atoms with E-state index in [9.17, 15) is 0 Å². The van der Waals surface area contributed by atoms with Crippen LogP contribution in [0.4, 0.5) is 0 Å². The maximum atomic E-state index is 2.21. The van der Waals surface area contributed by atoms with Gasteiger partial charge in [-0.3, -0.25) is 0 Å². The van der Waals surface area contributed by atoms with Crippen molar-refractivity contribution in [3.05, 3.63) is 139 Å². The Labute approximate surface area is 185 Å². The monoisotopic (exact) mass is 422 g/mol. The van der Waals surface area contributed by atoms with Crippen molar-refractivity contribution >= 4 is 0 Å². The van der Waals surface area contributed by atoms with E-state index in [1.165, 1.54) is 24.7 Å². The summed E-state index contributed by atoms with van der Waals surface area (Å²) in [6.45, 7) is 0. The van der Waals surface area contributed by atoms with Crippen molar-refractivity contribution in [2.45, 2.75) is 12.8 Å². The zero-order valence-electron chi connectivity index (χ0n) is 14.5. The first-order valence-electron chi connectivity index (χ1n) is 8.45. The molecule has 0 unspecified atom stereocenters. The first-order chi connectivity index (χ1) is 11.9. The topological polar surface area (TPSA) is 0 Å². The largest absolute Gasteiger partial charge is 2.00 e. The van der Waals surface area contributed by atoms with Crippen LogP contribution in [0.5, 0.6) is 0 Å². The number of hydrogen-bond acceptors (Lipinski definition) is 0. The summed E-state index contributed by atoms with van der Waals surface area (Å²) in [6.07, 6.45) is 39.8. The van der Waals surface area contributed by atoms with Gasteiger partial charge in [0, 0.05) is 11.8 Å². The van der Waals surface area contributed by atoms with Gasteiger partial charge in [-0.05, 0) is 128 Å². The molecule has 26 heavy (non-hydrogen) atoms. The van der Waals surface area contributed by atoms with Gasteiger partial charge >= 0.3 is 34.1 Å². The minimum Gasteiger partial charge on any atom is -0.0624 e. The summed E-state index contributed by atoms with van der Waals surface area (Å²) in [6, 6.07) is 0. The van der Waals surface area contributed by atoms with E-state index < -0.39 is 0 Å². The molecule has 0 atom stereocenters. The Morgan fingerprint density at radius 3 is 0.769 bits per heavy atom. The zero-order chi connectivity index (χ0) is 16.5. The first-order valence-corrected chi connectivity index (χ1v) is 8.45. The molecule has 0 bridgehead atoms. The van der Waals surface area contributed by atoms with Gasteiger partial charge in [-0.1, -0.05) is 11.1 Å². The molecule has 0 aliphatic heterocycles. The Morgan fingerprint density at radius 2 is 0.577 bits per heavy atom. The van der Waals surface area contributed by atoms with E-state index in [4.69, 9.17) is 0 Å². The number of rotatable bonds is 2. The van der Waals surface area contributed by atoms with Crippen LogP contribution in [0.3, 0.4) is 0 Å². The van der Waals surface area contributed by atoms with Gasteiger partial charge in [0.25, 0.3) is 0 Å². The predicted octanol–water partition coefficient (Wildman–Crippen LogP) is 4.93. The van der Waals surface area contributed by atoms with Gasteiger partial charge in [0.2, 0.25) is 0 Å². The van der Waals surface area contributed by atoms with Gasteiger partial charge in [-0.25, -0.2) is 0 Å². The molecule has 5 aliphatic carbocycles. The van der Waals surface area contributed by atoms with Crippen LogP contribution in [0.1, 0.15) is 12.8 Å². The van der Waals surface area contributed by atoms with Gasteiger partial charge in [0.1, 0.15) is 0 Å². The fourth-order valence-electron chi connectivity index (χ4n) is 2.80. The van der Waals surface area contributed by atoms with Gasteiger partial charge in [-0.15, -0.1) is 0 Å². The van der Waals surface area contributed by atoms with Gasteiger partial charge in [-0.2, -0.15) is 0 Å². The fourth-order valence-corrected chi connectivity index (χ4v) is 2.80. The molecule has 0 spiro atoms. The van der Waals surface area contributed by atoms with Crippen LogP contribution in [-0.4, -0.2) is 0 Å². The predicted molar refractivity (Wildman–Crippen MR) is 100 cm³/mol. The third-order valence-electron chi connectivity index (χ3n) is 4.12. The van der Waals surface area contributed by atoms with Crippen molar-refractivity contribution in [2.24, 2.45) is 0 Å². The van der Waals surface area contributed by atoms with Crippen LogP contribution < -0.4 is 0 Å². The van der Waals surface area contributed by atoms with Crippen LogP contribution in [0.25, 0.3) is 0 Å². The maximum Gasteiger partial charge on any atom is 2.00 e. The average molecular weight is 422 g/mol. The Morgan fingerprint density at radius 1 is 0.346 bits per heavy atom. The summed E-state index contributed by atoms with van der Waals surface area (Å²) in [5.74, 6) is 2.82. The van der Waals surface area contributed by atoms with Crippen molar-refractivity contribution in [3.63, 3.8) is 0 Å². The van der Waals surface area contributed by atoms with E-state index in [-0.39, 0.29) is 34.1 Å². The molecule has 130 valence electrons. The molecule has 4 fully saturated rings. The molecule has 0 amide bonds. The van der Waals surface area contributed by atoms with Gasteiger partial charge in [0.15, 0.2) is 0 Å². The Kier molecular flexibility index (Phi) is 14.1.